The van der Waals surface area contributed by atoms with Gasteiger partial charge in [0.05, 0.1) is 35.9 Å². The second-order valence-corrected chi connectivity index (χ2v) is 19.2. The molecule has 5 atom stereocenters. The number of esters is 1. The van der Waals surface area contributed by atoms with Crippen LogP contribution in [0.15, 0.2) is 60.8 Å². The van der Waals surface area contributed by atoms with E-state index in [0.717, 1.165) is 50.1 Å². The number of cyclic esters (lactones) is 1. The quantitative estimate of drug-likeness (QED) is 0.115. The minimum atomic E-state index is -1.00. The molecule has 4 amide bonds. The van der Waals surface area contributed by atoms with Crippen molar-refractivity contribution in [3.05, 3.63) is 84.0 Å². The summed E-state index contributed by atoms with van der Waals surface area (Å²) in [6, 6.07) is 16.7. The Kier molecular flexibility index (Phi) is 16.0. The largest absolute Gasteiger partial charge is 0.465 e. The van der Waals surface area contributed by atoms with E-state index in [1.54, 1.807) is 25.3 Å². The molecule has 0 saturated carbocycles. The molecule has 4 aromatic rings. The maximum Gasteiger partial charge on any atom is 0.310 e. The van der Waals surface area contributed by atoms with Gasteiger partial charge in [-0.15, -0.1) is 0 Å². The van der Waals surface area contributed by atoms with Crippen LogP contribution in [0.5, 0.6) is 0 Å². The van der Waals surface area contributed by atoms with E-state index in [2.05, 4.69) is 67.1 Å². The second kappa shape index (κ2) is 21.1. The van der Waals surface area contributed by atoms with Crippen molar-refractivity contribution in [2.75, 3.05) is 46.9 Å². The van der Waals surface area contributed by atoms with Gasteiger partial charge in [0.2, 0.25) is 17.7 Å². The van der Waals surface area contributed by atoms with Gasteiger partial charge < -0.3 is 45.3 Å². The summed E-state index contributed by atoms with van der Waals surface area (Å²) in [6.07, 6.45) is 11.1. The number of aryl methyl sites for hydroxylation is 1. The molecule has 1 radical (unpaired) electrons. The number of likely N-dealkylation sites (N-methyl/N-ethyl adjacent to an activating group) is 1. The number of pyridine rings is 1. The molecule has 5 unspecified atom stereocenters. The van der Waals surface area contributed by atoms with Gasteiger partial charge in [-0.25, -0.2) is 5.92 Å². The first-order chi connectivity index (χ1) is 31.0. The Morgan fingerprint density at radius 1 is 1.03 bits per heavy atom. The van der Waals surface area contributed by atoms with Crippen molar-refractivity contribution in [3.63, 3.8) is 0 Å². The normalized spacial score (nSPS) is 20.7. The van der Waals surface area contributed by atoms with E-state index in [4.69, 9.17) is 20.9 Å². The van der Waals surface area contributed by atoms with Crippen LogP contribution in [-0.4, -0.2) is 113 Å². The molecule has 351 valence electrons. The van der Waals surface area contributed by atoms with Crippen molar-refractivity contribution in [2.45, 2.75) is 98.4 Å². The standard InChI is InChI=1S/C52H63N6O7.Re/c1-10-44(59)56-24-21-37(29-56)49(61)55(8)46(32(3)4)48(60)54-42-26-34-15-12-16-35(25-34)36-19-20-43-40(27-36)41(47(58(43)11-2)39-18-13-22-53-45(39)33(5)64-9)28-52(6,7)31-65-51(63)38-17-14-23-57(30-38)50(42)62;/h12-13,15-16,18-20,22,25,27,32-33,37-38,42,46H,11,14,17,21,23-24,26,28-31H2,2-9H3,(H,54,60);/q-1;. The average molecular weight is 1070 g/mol. The van der Waals surface area contributed by atoms with Gasteiger partial charge in [-0.1, -0.05) is 58.0 Å². The van der Waals surface area contributed by atoms with Gasteiger partial charge in [0.15, 0.2) is 0 Å². The molecule has 5 heterocycles. The van der Waals surface area contributed by atoms with Gasteiger partial charge in [0.1, 0.15) is 18.0 Å². The first-order valence-corrected chi connectivity index (χ1v) is 23.0. The molecule has 7 rings (SSSR count). The fraction of sp³-hybridized carbons (Fsp3) is 0.500. The number of carbonyl (C=O) groups excluding carboxylic acids is 5. The number of rotatable bonds is 9. The van der Waals surface area contributed by atoms with E-state index in [1.807, 2.05) is 44.9 Å². The number of fused-ring (bicyclic) bond motifs is 6. The molecule has 2 aromatic heterocycles. The van der Waals surface area contributed by atoms with Gasteiger partial charge in [0, 0.05) is 102 Å². The number of carbonyl (C=O) groups is 5. The van der Waals surface area contributed by atoms with E-state index in [-0.39, 0.29) is 76.3 Å². The molecule has 6 bridgehead atoms. The van der Waals surface area contributed by atoms with Crippen LogP contribution in [0.2, 0.25) is 0 Å². The Morgan fingerprint density at radius 3 is 2.50 bits per heavy atom. The maximum atomic E-state index is 14.7. The molecule has 0 spiro atoms. The zero-order valence-electron chi connectivity index (χ0n) is 39.5. The molecule has 0 aliphatic carbocycles. The van der Waals surface area contributed by atoms with Crippen LogP contribution in [0.4, 0.5) is 0 Å². The molecule has 66 heavy (non-hydrogen) atoms. The van der Waals surface area contributed by atoms with Crippen LogP contribution >= 0.6 is 0 Å². The second-order valence-electron chi connectivity index (χ2n) is 19.2. The van der Waals surface area contributed by atoms with Crippen molar-refractivity contribution in [2.24, 2.45) is 23.2 Å². The Bertz CT molecular complexity index is 2510. The van der Waals surface area contributed by atoms with Gasteiger partial charge in [-0.05, 0) is 92.0 Å². The minimum Gasteiger partial charge on any atom is -0.465 e. The number of hydrogen-bond acceptors (Lipinski definition) is 8. The fourth-order valence-electron chi connectivity index (χ4n) is 10.1. The van der Waals surface area contributed by atoms with Crippen LogP contribution in [0, 0.1) is 35.5 Å². The van der Waals surface area contributed by atoms with Crippen LogP contribution in [0.25, 0.3) is 33.3 Å². The summed E-state index contributed by atoms with van der Waals surface area (Å²) in [7, 11) is 3.28. The van der Waals surface area contributed by atoms with Gasteiger partial charge in [-0.3, -0.25) is 24.2 Å². The topological polar surface area (TPSA) is 143 Å². The first-order valence-electron chi connectivity index (χ1n) is 23.0. The molecule has 2 saturated heterocycles. The predicted octanol–water partition coefficient (Wildman–Crippen LogP) is 6.41. The number of amides is 4. The van der Waals surface area contributed by atoms with Gasteiger partial charge in [0.25, 0.3) is 0 Å². The Hall–Kier alpha value is -5.34. The Labute approximate surface area is 403 Å². The zero-order chi connectivity index (χ0) is 46.7. The fourth-order valence-corrected chi connectivity index (χ4v) is 10.1. The number of benzene rings is 2. The predicted molar refractivity (Wildman–Crippen MR) is 248 cm³/mol. The summed E-state index contributed by atoms with van der Waals surface area (Å²) in [4.78, 5) is 78.5. The summed E-state index contributed by atoms with van der Waals surface area (Å²) in [5.74, 6) is -1.48. The van der Waals surface area contributed by atoms with Crippen molar-refractivity contribution in [1.82, 2.24) is 29.6 Å². The number of likely N-dealkylation sites (tertiary alicyclic amines) is 1. The van der Waals surface area contributed by atoms with E-state index < -0.39 is 41.1 Å². The summed E-state index contributed by atoms with van der Waals surface area (Å²) in [6.45, 7) is 14.0. The number of nitrogens with one attached hydrogen (secondary N) is 1. The third-order valence-electron chi connectivity index (χ3n) is 13.6. The van der Waals surface area contributed by atoms with E-state index in [0.29, 0.717) is 45.3 Å². The van der Waals surface area contributed by atoms with E-state index >= 15 is 0 Å². The molecule has 13 nitrogen and oxygen atoms in total. The molecule has 14 heteroatoms. The molecule has 3 aliphatic rings. The number of nitrogens with zero attached hydrogens (tertiary/aromatic N) is 5. The van der Waals surface area contributed by atoms with Crippen LogP contribution in [0.1, 0.15) is 83.7 Å². The zero-order valence-corrected chi connectivity index (χ0v) is 42.2. The van der Waals surface area contributed by atoms with Crippen molar-refractivity contribution < 1.29 is 53.9 Å². The summed E-state index contributed by atoms with van der Waals surface area (Å²) in [5.41, 5.74) is 7.38. The molecule has 3 aliphatic heterocycles. The number of hydrogen-bond donors (Lipinski definition) is 1. The molecule has 1 N–H and O–H groups in total. The number of aromatic nitrogens is 2. The van der Waals surface area contributed by atoms with Crippen LogP contribution in [0.3, 0.4) is 0 Å². The summed E-state index contributed by atoms with van der Waals surface area (Å²) >= 11 is 0. The molecule has 2 aromatic carbocycles. The third kappa shape index (κ3) is 10.4. The van der Waals surface area contributed by atoms with Crippen LogP contribution in [-0.2, 0) is 73.3 Å². The van der Waals surface area contributed by atoms with E-state index in [1.165, 1.54) is 9.80 Å². The Morgan fingerprint density at radius 2 is 1.79 bits per heavy atom. The smallest absolute Gasteiger partial charge is 0.310 e. The monoisotopic (exact) mass is 1070 g/mol. The average Bonchev–Trinajstić information content (AvgIpc) is 3.92. The maximum absolute atomic E-state index is 14.7. The van der Waals surface area contributed by atoms with E-state index in [9.17, 15) is 24.0 Å². The third-order valence-corrected chi connectivity index (χ3v) is 13.6. The summed E-state index contributed by atoms with van der Waals surface area (Å²) < 4.78 is 14.3. The van der Waals surface area contributed by atoms with Gasteiger partial charge >= 0.3 is 5.97 Å². The number of methoxy groups -OCH3 is 1. The molecule has 2 fully saturated rings. The number of piperidine rings is 1. The van der Waals surface area contributed by atoms with Crippen molar-refractivity contribution >= 4 is 40.5 Å². The van der Waals surface area contributed by atoms with Crippen LogP contribution < -0.4 is 5.32 Å². The molecular weight excluding hydrogens is 1010 g/mol. The molecular formula is C52H63N6O7Re-. The number of ether oxygens (including phenoxy) is 2. The Balaban J connectivity index is 0.00000720. The SMILES string of the molecule is [C-]#CC(=O)N1CCC(C(=O)N(C)C(C(=O)NC2Cc3cccc(c3)-c3ccc4c(c3)c(c(-c3cccnc3C(C)OC)n4CC)CC(C)(C)COC(=O)C3CCCN(C3)C2=O)C(C)C)C1.[Re]. The first kappa shape index (κ1) is 50.1. The van der Waals surface area contributed by atoms with Crippen molar-refractivity contribution in [3.8, 4) is 28.3 Å². The van der Waals surface area contributed by atoms with Gasteiger partial charge in [-0.2, -0.15) is 0 Å². The summed E-state index contributed by atoms with van der Waals surface area (Å²) in [5, 5.41) is 4.16. The van der Waals surface area contributed by atoms with Crippen molar-refractivity contribution in [1.29, 1.82) is 0 Å². The minimum absolute atomic E-state index is 0.